The third-order valence-corrected chi connectivity index (χ3v) is 8.81. The first kappa shape index (κ1) is 26.8. The fraction of sp³-hybridized carbons (Fsp3) is 0.448. The Balaban J connectivity index is 1.11. The van der Waals surface area contributed by atoms with Gasteiger partial charge in [0.25, 0.3) is 5.91 Å². The van der Waals surface area contributed by atoms with Gasteiger partial charge in [0, 0.05) is 75.0 Å². The van der Waals surface area contributed by atoms with Crippen molar-refractivity contribution in [2.75, 3.05) is 61.5 Å². The summed E-state index contributed by atoms with van der Waals surface area (Å²) in [5.41, 5.74) is 3.65. The van der Waals surface area contributed by atoms with Gasteiger partial charge in [0.1, 0.15) is 17.0 Å². The molecule has 40 heavy (non-hydrogen) atoms. The molecule has 5 heterocycles. The number of ether oxygens (including phenoxy) is 1. The fourth-order valence-corrected chi connectivity index (χ4v) is 6.36. The highest BCUT2D eigenvalue weighted by Crippen LogP contribution is 2.47. The maximum Gasteiger partial charge on any atom is 0.251 e. The zero-order valence-corrected chi connectivity index (χ0v) is 23.8. The summed E-state index contributed by atoms with van der Waals surface area (Å²) in [7, 11) is 0. The van der Waals surface area contributed by atoms with E-state index in [0.29, 0.717) is 18.8 Å². The Labute approximate surface area is 239 Å². The molecule has 1 amide bonds. The molecule has 3 aromatic rings. The highest BCUT2D eigenvalue weighted by Gasteiger charge is 2.25. The minimum Gasteiger partial charge on any atom is -0.381 e. The molecule has 3 aliphatic rings. The van der Waals surface area contributed by atoms with Crippen molar-refractivity contribution in [1.82, 2.24) is 25.2 Å². The van der Waals surface area contributed by atoms with E-state index in [1.165, 1.54) is 0 Å². The third-order valence-electron chi connectivity index (χ3n) is 7.61. The number of fused-ring (bicyclic) bond motifs is 1. The minimum atomic E-state index is -0.0332. The smallest absolute Gasteiger partial charge is 0.251 e. The molecule has 11 heteroatoms. The normalized spacial score (nSPS) is 19.6. The molecule has 1 atom stereocenters. The molecule has 1 aromatic carbocycles. The first-order valence-corrected chi connectivity index (χ1v) is 14.9. The lowest BCUT2D eigenvalue weighted by Gasteiger charge is -2.34. The number of anilines is 4. The van der Waals surface area contributed by atoms with Gasteiger partial charge in [-0.1, -0.05) is 30.8 Å². The SMILES string of the molecule is CCN1CCN(c2nc(C)cc(Nc3cc4c(cn3)SC(c3cccc(C(=O)NC5CCOCC5)c3)N4)n2)CC1. The van der Waals surface area contributed by atoms with Crippen LogP contribution in [0.2, 0.25) is 0 Å². The molecule has 0 radical (unpaired) electrons. The number of nitrogens with one attached hydrogen (secondary N) is 3. The van der Waals surface area contributed by atoms with E-state index in [4.69, 9.17) is 9.72 Å². The van der Waals surface area contributed by atoms with Gasteiger partial charge in [-0.2, -0.15) is 4.98 Å². The highest BCUT2D eigenvalue weighted by molar-refractivity contribution is 8.00. The van der Waals surface area contributed by atoms with Crippen molar-refractivity contribution < 1.29 is 9.53 Å². The number of nitrogens with zero attached hydrogens (tertiary/aromatic N) is 5. The second-order valence-electron chi connectivity index (χ2n) is 10.4. The van der Waals surface area contributed by atoms with Crippen LogP contribution in [0.3, 0.4) is 0 Å². The lowest BCUT2D eigenvalue weighted by Crippen LogP contribution is -2.46. The van der Waals surface area contributed by atoms with Crippen LogP contribution in [0.4, 0.5) is 23.3 Å². The number of aryl methyl sites for hydroxylation is 1. The number of amides is 1. The van der Waals surface area contributed by atoms with E-state index in [1.54, 1.807) is 11.8 Å². The molecule has 1 unspecified atom stereocenters. The van der Waals surface area contributed by atoms with E-state index in [-0.39, 0.29) is 17.3 Å². The molecular weight excluding hydrogens is 524 g/mol. The second kappa shape index (κ2) is 12.0. The maximum absolute atomic E-state index is 12.9. The average molecular weight is 561 g/mol. The van der Waals surface area contributed by atoms with Crippen LogP contribution in [0.1, 0.15) is 46.8 Å². The second-order valence-corrected chi connectivity index (χ2v) is 11.6. The summed E-state index contributed by atoms with van der Waals surface area (Å²) in [5.74, 6) is 2.18. The number of carbonyl (C=O) groups excluding carboxylic acids is 1. The molecule has 3 aliphatic heterocycles. The number of likely N-dealkylation sites (N-methyl/N-ethyl adjacent to an activating group) is 1. The summed E-state index contributed by atoms with van der Waals surface area (Å²) in [6.07, 6.45) is 3.60. The van der Waals surface area contributed by atoms with Gasteiger partial charge in [-0.25, -0.2) is 9.97 Å². The molecule has 0 aliphatic carbocycles. The van der Waals surface area contributed by atoms with Crippen LogP contribution in [0.15, 0.2) is 47.5 Å². The number of hydrogen-bond acceptors (Lipinski definition) is 10. The van der Waals surface area contributed by atoms with Crippen LogP contribution in [0, 0.1) is 6.92 Å². The Morgan fingerprint density at radius 3 is 2.73 bits per heavy atom. The van der Waals surface area contributed by atoms with E-state index in [9.17, 15) is 4.79 Å². The molecule has 0 spiro atoms. The molecule has 0 bridgehead atoms. The maximum atomic E-state index is 12.9. The average Bonchev–Trinajstić information content (AvgIpc) is 3.41. The van der Waals surface area contributed by atoms with E-state index in [2.05, 4.69) is 48.7 Å². The van der Waals surface area contributed by atoms with Gasteiger partial charge in [0.2, 0.25) is 5.95 Å². The number of aromatic nitrogens is 3. The van der Waals surface area contributed by atoms with Crippen molar-refractivity contribution in [2.45, 2.75) is 43.0 Å². The van der Waals surface area contributed by atoms with Crippen molar-refractivity contribution in [3.8, 4) is 0 Å². The van der Waals surface area contributed by atoms with Gasteiger partial charge < -0.3 is 30.5 Å². The summed E-state index contributed by atoms with van der Waals surface area (Å²) >= 11 is 1.70. The van der Waals surface area contributed by atoms with Crippen LogP contribution in [0.25, 0.3) is 0 Å². The van der Waals surface area contributed by atoms with Gasteiger partial charge in [0.05, 0.1) is 10.6 Å². The quantitative estimate of drug-likeness (QED) is 0.389. The molecule has 0 saturated carbocycles. The molecular formula is C29H36N8O2S. The zero-order chi connectivity index (χ0) is 27.5. The van der Waals surface area contributed by atoms with Crippen LogP contribution in [-0.4, -0.2) is 77.7 Å². The first-order valence-electron chi connectivity index (χ1n) is 14.1. The summed E-state index contributed by atoms with van der Waals surface area (Å²) in [6, 6.07) is 12.0. The summed E-state index contributed by atoms with van der Waals surface area (Å²) in [6.45, 7) is 10.6. The van der Waals surface area contributed by atoms with Crippen LogP contribution in [-0.2, 0) is 4.74 Å². The number of piperazine rings is 1. The number of benzene rings is 1. The van der Waals surface area contributed by atoms with Gasteiger partial charge in [-0.05, 0) is 44.0 Å². The number of carbonyl (C=O) groups is 1. The number of rotatable bonds is 7. The number of pyridine rings is 1. The van der Waals surface area contributed by atoms with Crippen LogP contribution < -0.4 is 20.9 Å². The Hall–Kier alpha value is -3.41. The van der Waals surface area contributed by atoms with E-state index >= 15 is 0 Å². The van der Waals surface area contributed by atoms with Crippen molar-refractivity contribution in [3.63, 3.8) is 0 Å². The Morgan fingerprint density at radius 1 is 1.10 bits per heavy atom. The fourth-order valence-electron chi connectivity index (χ4n) is 5.27. The number of hydrogen-bond donors (Lipinski definition) is 3. The van der Waals surface area contributed by atoms with Gasteiger partial charge in [-0.15, -0.1) is 0 Å². The summed E-state index contributed by atoms with van der Waals surface area (Å²) in [4.78, 5) is 32.8. The standard InChI is InChI=1S/C29H36N8O2S/c1-3-36-9-11-37(12-10-36)29-31-19(2)15-26(35-29)34-25-17-23-24(18-30-25)40-28(33-23)21-6-4-5-20(16-21)27(38)32-22-7-13-39-14-8-22/h4-6,15-18,22,28,33H,3,7-14H2,1-2H3,(H,32,38)(H,30,31,34,35). The van der Waals surface area contributed by atoms with Crippen molar-refractivity contribution >= 4 is 40.9 Å². The Bertz CT molecular complexity index is 1360. The highest BCUT2D eigenvalue weighted by atomic mass is 32.2. The molecule has 2 aromatic heterocycles. The van der Waals surface area contributed by atoms with E-state index in [1.807, 2.05) is 43.5 Å². The third kappa shape index (κ3) is 6.16. The van der Waals surface area contributed by atoms with Crippen molar-refractivity contribution in [3.05, 3.63) is 59.4 Å². The van der Waals surface area contributed by atoms with Crippen LogP contribution >= 0.6 is 11.8 Å². The largest absolute Gasteiger partial charge is 0.381 e. The van der Waals surface area contributed by atoms with E-state index in [0.717, 1.165) is 85.0 Å². The van der Waals surface area contributed by atoms with Crippen LogP contribution in [0.5, 0.6) is 0 Å². The minimum absolute atomic E-state index is 0.00225. The predicted molar refractivity (Wildman–Crippen MR) is 159 cm³/mol. The molecule has 3 N–H and O–H groups in total. The molecule has 6 rings (SSSR count). The van der Waals surface area contributed by atoms with Crippen molar-refractivity contribution in [1.29, 1.82) is 0 Å². The van der Waals surface area contributed by atoms with Gasteiger partial charge in [0.15, 0.2) is 0 Å². The predicted octanol–water partition coefficient (Wildman–Crippen LogP) is 4.19. The number of thioether (sulfide) groups is 1. The topological polar surface area (TPSA) is 108 Å². The van der Waals surface area contributed by atoms with E-state index < -0.39 is 0 Å². The Kier molecular flexibility index (Phi) is 8.03. The lowest BCUT2D eigenvalue weighted by molar-refractivity contribution is 0.0696. The monoisotopic (exact) mass is 560 g/mol. The Morgan fingerprint density at radius 2 is 1.93 bits per heavy atom. The molecule has 10 nitrogen and oxygen atoms in total. The van der Waals surface area contributed by atoms with Crippen molar-refractivity contribution in [2.24, 2.45) is 0 Å². The molecule has 2 saturated heterocycles. The zero-order valence-electron chi connectivity index (χ0n) is 23.0. The molecule has 2 fully saturated rings. The summed E-state index contributed by atoms with van der Waals surface area (Å²) in [5, 5.41) is 10.1. The van der Waals surface area contributed by atoms with Gasteiger partial charge in [-0.3, -0.25) is 4.79 Å². The lowest BCUT2D eigenvalue weighted by atomic mass is 10.1. The molecule has 210 valence electrons. The van der Waals surface area contributed by atoms with Gasteiger partial charge >= 0.3 is 0 Å². The first-order chi connectivity index (χ1) is 19.5. The summed E-state index contributed by atoms with van der Waals surface area (Å²) < 4.78 is 5.41.